The minimum absolute atomic E-state index is 0.190. The van der Waals surface area contributed by atoms with Crippen LogP contribution in [-0.4, -0.2) is 67.4 Å². The van der Waals surface area contributed by atoms with E-state index in [-0.39, 0.29) is 23.9 Å². The molecule has 2 aromatic rings. The second kappa shape index (κ2) is 14.5. The van der Waals surface area contributed by atoms with Gasteiger partial charge < -0.3 is 29.7 Å². The number of ether oxygens (including phenoxy) is 3. The van der Waals surface area contributed by atoms with Crippen molar-refractivity contribution in [3.63, 3.8) is 0 Å². The number of esters is 3. The predicted octanol–water partition coefficient (Wildman–Crippen LogP) is 4.72. The normalized spacial score (nSPS) is 10.6. The lowest BCUT2D eigenvalue weighted by atomic mass is 10.1. The zero-order valence-electron chi connectivity index (χ0n) is 21.3. The molecule has 9 nitrogen and oxygen atoms in total. The number of carbonyl (C=O) groups excluding carboxylic acids is 3. The SMILES string of the molecule is CCOC(=O)c1sc(NC(=S)Nc2ccc(C(=O)OCCN(CC)CC)cc2)c(C(=O)OCC)c1C. The molecule has 2 rings (SSSR count). The largest absolute Gasteiger partial charge is 0.462 e. The maximum absolute atomic E-state index is 12.6. The minimum Gasteiger partial charge on any atom is -0.462 e. The van der Waals surface area contributed by atoms with Crippen LogP contribution in [0.3, 0.4) is 0 Å². The molecule has 0 unspecified atom stereocenters. The van der Waals surface area contributed by atoms with E-state index in [1.807, 2.05) is 0 Å². The third kappa shape index (κ3) is 8.00. The summed E-state index contributed by atoms with van der Waals surface area (Å²) in [5.74, 6) is -1.47. The van der Waals surface area contributed by atoms with E-state index in [0.29, 0.717) is 39.8 Å². The zero-order valence-corrected chi connectivity index (χ0v) is 22.9. The fourth-order valence-corrected chi connectivity index (χ4v) is 4.67. The van der Waals surface area contributed by atoms with Crippen molar-refractivity contribution in [1.29, 1.82) is 0 Å². The van der Waals surface area contributed by atoms with E-state index in [1.165, 1.54) is 0 Å². The fourth-order valence-electron chi connectivity index (χ4n) is 3.29. The molecule has 196 valence electrons. The van der Waals surface area contributed by atoms with E-state index in [1.54, 1.807) is 45.0 Å². The smallest absolute Gasteiger partial charge is 0.348 e. The molecule has 0 saturated carbocycles. The molecule has 0 radical (unpaired) electrons. The molecule has 2 N–H and O–H groups in total. The Kier molecular flexibility index (Phi) is 11.8. The van der Waals surface area contributed by atoms with Gasteiger partial charge in [-0.3, -0.25) is 0 Å². The van der Waals surface area contributed by atoms with Gasteiger partial charge in [0.05, 0.1) is 24.3 Å². The van der Waals surface area contributed by atoms with Crippen molar-refractivity contribution >= 4 is 57.3 Å². The molecule has 0 amide bonds. The molecule has 36 heavy (non-hydrogen) atoms. The summed E-state index contributed by atoms with van der Waals surface area (Å²) in [6.45, 7) is 12.4. The van der Waals surface area contributed by atoms with E-state index >= 15 is 0 Å². The Morgan fingerprint density at radius 2 is 1.50 bits per heavy atom. The molecular weight excluding hydrogens is 502 g/mol. The van der Waals surface area contributed by atoms with Crippen LogP contribution in [0.15, 0.2) is 24.3 Å². The molecule has 0 aliphatic rings. The lowest BCUT2D eigenvalue weighted by molar-refractivity contribution is 0.0464. The number of anilines is 2. The molecule has 11 heteroatoms. The van der Waals surface area contributed by atoms with Gasteiger partial charge in [0.15, 0.2) is 5.11 Å². The molecular formula is C25H33N3O6S2. The molecule has 0 aliphatic heterocycles. The van der Waals surface area contributed by atoms with Crippen molar-refractivity contribution in [2.75, 3.05) is 50.1 Å². The highest BCUT2D eigenvalue weighted by Gasteiger charge is 2.26. The number of nitrogens with zero attached hydrogens (tertiary/aromatic N) is 1. The van der Waals surface area contributed by atoms with Crippen molar-refractivity contribution < 1.29 is 28.6 Å². The first-order chi connectivity index (χ1) is 17.2. The number of thiocarbonyl (C=S) groups is 1. The van der Waals surface area contributed by atoms with Gasteiger partial charge in [-0.1, -0.05) is 13.8 Å². The first kappa shape index (κ1) is 29.2. The van der Waals surface area contributed by atoms with Crippen LogP contribution in [-0.2, 0) is 14.2 Å². The van der Waals surface area contributed by atoms with Gasteiger partial charge in [-0.2, -0.15) is 0 Å². The van der Waals surface area contributed by atoms with Crippen molar-refractivity contribution in [1.82, 2.24) is 4.90 Å². The number of carbonyl (C=O) groups is 3. The summed E-state index contributed by atoms with van der Waals surface area (Å²) in [6, 6.07) is 6.68. The Bertz CT molecular complexity index is 1060. The van der Waals surface area contributed by atoms with E-state index in [2.05, 4.69) is 29.4 Å². The van der Waals surface area contributed by atoms with E-state index in [0.717, 1.165) is 24.4 Å². The van der Waals surface area contributed by atoms with Crippen molar-refractivity contribution in [3.8, 4) is 0 Å². The van der Waals surface area contributed by atoms with Gasteiger partial charge in [-0.05, 0) is 75.9 Å². The third-order valence-corrected chi connectivity index (χ3v) is 6.62. The van der Waals surface area contributed by atoms with Gasteiger partial charge in [0.2, 0.25) is 0 Å². The van der Waals surface area contributed by atoms with Crippen molar-refractivity contribution in [2.45, 2.75) is 34.6 Å². The Balaban J connectivity index is 2.07. The molecule has 0 fully saturated rings. The number of nitrogens with one attached hydrogen (secondary N) is 2. The highest BCUT2D eigenvalue weighted by Crippen LogP contribution is 2.34. The van der Waals surface area contributed by atoms with Crippen LogP contribution in [0.5, 0.6) is 0 Å². The Labute approximate surface area is 221 Å². The standard InChI is InChI=1S/C25H33N3O6S2/c1-6-28(7-2)14-15-34-22(29)17-10-12-18(13-11-17)26-25(35)27-21-19(23(30)32-8-3)16(5)20(36-21)24(31)33-9-4/h10-13H,6-9,14-15H2,1-5H3,(H2,26,27,35). The average Bonchev–Trinajstić information content (AvgIpc) is 3.18. The summed E-state index contributed by atoms with van der Waals surface area (Å²) in [5.41, 5.74) is 1.75. The molecule has 0 atom stereocenters. The van der Waals surface area contributed by atoms with Gasteiger partial charge in [0.1, 0.15) is 16.5 Å². The highest BCUT2D eigenvalue weighted by atomic mass is 32.1. The number of hydrogen-bond donors (Lipinski definition) is 2. The van der Waals surface area contributed by atoms with Crippen LogP contribution >= 0.6 is 23.6 Å². The molecule has 0 saturated heterocycles. The van der Waals surface area contributed by atoms with E-state index < -0.39 is 17.9 Å². The fraction of sp³-hybridized carbons (Fsp3) is 0.440. The molecule has 0 spiro atoms. The maximum Gasteiger partial charge on any atom is 0.348 e. The molecule has 0 aliphatic carbocycles. The molecule has 1 heterocycles. The maximum atomic E-state index is 12.6. The van der Waals surface area contributed by atoms with Crippen molar-refractivity contribution in [3.05, 3.63) is 45.8 Å². The summed E-state index contributed by atoms with van der Waals surface area (Å²) >= 11 is 6.47. The number of rotatable bonds is 12. The van der Waals surface area contributed by atoms with Crippen molar-refractivity contribution in [2.24, 2.45) is 0 Å². The lowest BCUT2D eigenvalue weighted by Gasteiger charge is -2.17. The van der Waals surface area contributed by atoms with Gasteiger partial charge in [-0.25, -0.2) is 14.4 Å². The van der Waals surface area contributed by atoms with Gasteiger partial charge in [0.25, 0.3) is 0 Å². The van der Waals surface area contributed by atoms with Crippen LogP contribution in [0.25, 0.3) is 0 Å². The van der Waals surface area contributed by atoms with Crippen LogP contribution in [0.1, 0.15) is 63.6 Å². The van der Waals surface area contributed by atoms with E-state index in [9.17, 15) is 14.4 Å². The monoisotopic (exact) mass is 535 g/mol. The molecule has 1 aromatic heterocycles. The summed E-state index contributed by atoms with van der Waals surface area (Å²) in [4.78, 5) is 39.6. The third-order valence-electron chi connectivity index (χ3n) is 5.23. The number of hydrogen-bond acceptors (Lipinski definition) is 9. The predicted molar refractivity (Wildman–Crippen MR) is 145 cm³/mol. The summed E-state index contributed by atoms with van der Waals surface area (Å²) in [7, 11) is 0. The van der Waals surface area contributed by atoms with Crippen LogP contribution in [0.4, 0.5) is 10.7 Å². The summed E-state index contributed by atoms with van der Waals surface area (Å²) < 4.78 is 15.6. The second-order valence-corrected chi connectivity index (χ2v) is 8.95. The molecule has 0 bridgehead atoms. The van der Waals surface area contributed by atoms with Crippen LogP contribution in [0.2, 0.25) is 0 Å². The summed E-state index contributed by atoms with van der Waals surface area (Å²) in [5, 5.41) is 6.56. The highest BCUT2D eigenvalue weighted by molar-refractivity contribution is 7.80. The van der Waals surface area contributed by atoms with E-state index in [4.69, 9.17) is 26.4 Å². The quantitative estimate of drug-likeness (QED) is 0.225. The Morgan fingerprint density at radius 1 is 0.889 bits per heavy atom. The van der Waals surface area contributed by atoms with Crippen LogP contribution < -0.4 is 10.6 Å². The number of likely N-dealkylation sites (N-methyl/N-ethyl adjacent to an activating group) is 1. The topological polar surface area (TPSA) is 106 Å². The first-order valence-electron chi connectivity index (χ1n) is 11.8. The zero-order chi connectivity index (χ0) is 26.7. The van der Waals surface area contributed by atoms with Crippen LogP contribution in [0, 0.1) is 6.92 Å². The Morgan fingerprint density at radius 3 is 2.08 bits per heavy atom. The second-order valence-electron chi connectivity index (χ2n) is 7.52. The average molecular weight is 536 g/mol. The molecule has 1 aromatic carbocycles. The van der Waals surface area contributed by atoms with Gasteiger partial charge >= 0.3 is 17.9 Å². The summed E-state index contributed by atoms with van der Waals surface area (Å²) in [6.07, 6.45) is 0. The Hall–Kier alpha value is -3.02. The minimum atomic E-state index is -0.559. The van der Waals surface area contributed by atoms with Gasteiger partial charge in [-0.15, -0.1) is 11.3 Å². The number of thiophene rings is 1. The first-order valence-corrected chi connectivity index (χ1v) is 13.0. The van der Waals surface area contributed by atoms with Gasteiger partial charge in [0, 0.05) is 12.2 Å². The number of benzene rings is 1. The lowest BCUT2D eigenvalue weighted by Crippen LogP contribution is -2.27.